The molecule has 0 aliphatic rings. The number of hydroxylamine groups is 1. The minimum atomic E-state index is -4.70. The Balaban J connectivity index is 1.87. The maximum atomic E-state index is 12.5. The molecule has 0 aliphatic heterocycles. The average Bonchev–Trinajstić information content (AvgIpc) is 3.14. The second-order valence-corrected chi connectivity index (χ2v) is 5.93. The van der Waals surface area contributed by atoms with Crippen molar-refractivity contribution in [2.24, 2.45) is 0 Å². The van der Waals surface area contributed by atoms with Gasteiger partial charge in [0.15, 0.2) is 0 Å². The average molecular weight is 386 g/mol. The Morgan fingerprint density at radius 2 is 2.00 bits per heavy atom. The molecule has 0 saturated carbocycles. The molecule has 1 heterocycles. The molecule has 2 rings (SSSR count). The second kappa shape index (κ2) is 9.47. The molecular formula is C17H21F3N4O3. The van der Waals surface area contributed by atoms with Crippen LogP contribution in [-0.2, 0) is 11.0 Å². The number of hydrogen-bond acceptors (Lipinski definition) is 6. The lowest BCUT2D eigenvalue weighted by Gasteiger charge is -2.14. The largest absolute Gasteiger partial charge is 0.471 e. The zero-order valence-corrected chi connectivity index (χ0v) is 15.0. The maximum absolute atomic E-state index is 12.5. The molecule has 0 radical (unpaired) electrons. The Hall–Kier alpha value is -2.46. The highest BCUT2D eigenvalue weighted by molar-refractivity contribution is 5.94. The number of benzene rings is 1. The van der Waals surface area contributed by atoms with Gasteiger partial charge in [0.2, 0.25) is 5.82 Å². The topological polar surface area (TPSA) is 89.3 Å². The van der Waals surface area contributed by atoms with Crippen molar-refractivity contribution in [3.63, 3.8) is 0 Å². The van der Waals surface area contributed by atoms with Crippen molar-refractivity contribution in [1.82, 2.24) is 20.9 Å². The summed E-state index contributed by atoms with van der Waals surface area (Å²) in [5.74, 6) is -1.92. The van der Waals surface area contributed by atoms with Crippen LogP contribution in [0.15, 0.2) is 28.8 Å². The van der Waals surface area contributed by atoms with Crippen molar-refractivity contribution in [3.05, 3.63) is 35.7 Å². The van der Waals surface area contributed by atoms with Crippen molar-refractivity contribution in [2.75, 3.05) is 13.2 Å². The third-order valence-electron chi connectivity index (χ3n) is 3.53. The maximum Gasteiger partial charge on any atom is 0.471 e. The smallest absolute Gasteiger partial charge is 0.350 e. The van der Waals surface area contributed by atoms with E-state index in [2.05, 4.69) is 32.4 Å². The van der Waals surface area contributed by atoms with E-state index >= 15 is 0 Å². The molecular weight excluding hydrogens is 365 g/mol. The van der Waals surface area contributed by atoms with Gasteiger partial charge >= 0.3 is 12.1 Å². The molecule has 1 aromatic heterocycles. The van der Waals surface area contributed by atoms with E-state index in [-0.39, 0.29) is 17.8 Å². The van der Waals surface area contributed by atoms with Gasteiger partial charge in [-0.05, 0) is 25.5 Å². The first-order valence-electron chi connectivity index (χ1n) is 8.48. The van der Waals surface area contributed by atoms with Crippen molar-refractivity contribution in [3.8, 4) is 11.4 Å². The summed E-state index contributed by atoms with van der Waals surface area (Å²) in [5.41, 5.74) is 3.50. The molecule has 1 amide bonds. The molecule has 0 spiro atoms. The van der Waals surface area contributed by atoms with Crippen molar-refractivity contribution >= 4 is 5.91 Å². The monoisotopic (exact) mass is 386 g/mol. The number of halogens is 3. The predicted octanol–water partition coefficient (Wildman–Crippen LogP) is 3.20. The van der Waals surface area contributed by atoms with Gasteiger partial charge in [-0.1, -0.05) is 30.6 Å². The van der Waals surface area contributed by atoms with Crippen LogP contribution >= 0.6 is 0 Å². The van der Waals surface area contributed by atoms with Crippen LogP contribution in [0.4, 0.5) is 13.2 Å². The summed E-state index contributed by atoms with van der Waals surface area (Å²) in [6.45, 7) is 4.88. The van der Waals surface area contributed by atoms with Crippen molar-refractivity contribution < 1.29 is 27.3 Å². The summed E-state index contributed by atoms with van der Waals surface area (Å²) in [6.07, 6.45) is -2.72. The van der Waals surface area contributed by atoms with Gasteiger partial charge in [0.05, 0.1) is 6.61 Å². The zero-order chi connectivity index (χ0) is 19.9. The lowest BCUT2D eigenvalue weighted by Crippen LogP contribution is -2.39. The van der Waals surface area contributed by atoms with E-state index in [1.807, 2.05) is 6.92 Å². The highest BCUT2D eigenvalue weighted by atomic mass is 19.4. The molecule has 0 aliphatic carbocycles. The molecule has 2 N–H and O–H groups in total. The SMILES string of the molecule is CCCCONC(C)CNC(=O)c1ccc(-c2noc(C(F)(F)F)n2)cc1. The first kappa shape index (κ1) is 20.8. The molecule has 2 aromatic rings. The quantitative estimate of drug-likeness (QED) is 0.508. The number of unbranched alkanes of at least 4 members (excludes halogenated alkanes) is 1. The minimum Gasteiger partial charge on any atom is -0.350 e. The molecule has 0 saturated heterocycles. The molecule has 1 aromatic carbocycles. The van der Waals surface area contributed by atoms with Gasteiger partial charge in [0.1, 0.15) is 0 Å². The first-order chi connectivity index (χ1) is 12.8. The minimum absolute atomic E-state index is 0.0785. The van der Waals surface area contributed by atoms with Crippen LogP contribution < -0.4 is 10.8 Å². The number of carbonyl (C=O) groups is 1. The van der Waals surface area contributed by atoms with Crippen molar-refractivity contribution in [2.45, 2.75) is 38.9 Å². The van der Waals surface area contributed by atoms with E-state index in [0.29, 0.717) is 24.3 Å². The second-order valence-electron chi connectivity index (χ2n) is 5.93. The van der Waals surface area contributed by atoms with E-state index in [1.54, 1.807) is 0 Å². The lowest BCUT2D eigenvalue weighted by atomic mass is 10.1. The fraction of sp³-hybridized carbons (Fsp3) is 0.471. The Bertz CT molecular complexity index is 732. The molecule has 0 bridgehead atoms. The fourth-order valence-electron chi connectivity index (χ4n) is 2.03. The van der Waals surface area contributed by atoms with Crippen LogP contribution in [0.5, 0.6) is 0 Å². The highest BCUT2D eigenvalue weighted by Crippen LogP contribution is 2.29. The van der Waals surface area contributed by atoms with E-state index < -0.39 is 12.1 Å². The van der Waals surface area contributed by atoms with Crippen LogP contribution in [0.25, 0.3) is 11.4 Å². The van der Waals surface area contributed by atoms with Crippen LogP contribution in [0, 0.1) is 0 Å². The van der Waals surface area contributed by atoms with E-state index in [1.165, 1.54) is 24.3 Å². The predicted molar refractivity (Wildman–Crippen MR) is 90.5 cm³/mol. The van der Waals surface area contributed by atoms with Gasteiger partial charge < -0.3 is 14.7 Å². The summed E-state index contributed by atoms with van der Waals surface area (Å²) in [5, 5.41) is 6.04. The normalized spacial score (nSPS) is 12.8. The Morgan fingerprint density at radius 3 is 2.59 bits per heavy atom. The van der Waals surface area contributed by atoms with Crippen LogP contribution in [0.1, 0.15) is 42.9 Å². The zero-order valence-electron chi connectivity index (χ0n) is 15.0. The molecule has 7 nitrogen and oxygen atoms in total. The summed E-state index contributed by atoms with van der Waals surface area (Å²) < 4.78 is 41.7. The molecule has 0 fully saturated rings. The van der Waals surface area contributed by atoms with E-state index in [4.69, 9.17) is 4.84 Å². The Kier molecular flexibility index (Phi) is 7.31. The third-order valence-corrected chi connectivity index (χ3v) is 3.53. The lowest BCUT2D eigenvalue weighted by molar-refractivity contribution is -0.159. The van der Waals surface area contributed by atoms with Gasteiger partial charge in [0, 0.05) is 23.7 Å². The first-order valence-corrected chi connectivity index (χ1v) is 8.48. The number of carbonyl (C=O) groups excluding carboxylic acids is 1. The summed E-state index contributed by atoms with van der Waals surface area (Å²) in [6, 6.07) is 5.78. The molecule has 1 unspecified atom stereocenters. The van der Waals surface area contributed by atoms with Crippen molar-refractivity contribution in [1.29, 1.82) is 0 Å². The number of nitrogens with one attached hydrogen (secondary N) is 2. The number of alkyl halides is 3. The number of hydrogen-bond donors (Lipinski definition) is 2. The molecule has 27 heavy (non-hydrogen) atoms. The number of nitrogens with zero attached hydrogens (tertiary/aromatic N) is 2. The Labute approximate surface area is 154 Å². The standard InChI is InChI=1S/C17H21F3N4O3/c1-3-4-9-26-23-11(2)10-21-15(25)13-7-5-12(6-8-13)14-22-16(27-24-14)17(18,19)20/h5-8,11,23H,3-4,9-10H2,1-2H3,(H,21,25). The van der Waals surface area contributed by atoms with Gasteiger partial charge in [-0.15, -0.1) is 0 Å². The molecule has 148 valence electrons. The summed E-state index contributed by atoms with van der Waals surface area (Å²) in [7, 11) is 0. The summed E-state index contributed by atoms with van der Waals surface area (Å²) >= 11 is 0. The van der Waals surface area contributed by atoms with Gasteiger partial charge in [-0.2, -0.15) is 23.6 Å². The van der Waals surface area contributed by atoms with Crippen LogP contribution in [-0.4, -0.2) is 35.2 Å². The summed E-state index contributed by atoms with van der Waals surface area (Å²) in [4.78, 5) is 20.7. The van der Waals surface area contributed by atoms with Gasteiger partial charge in [-0.25, -0.2) is 0 Å². The van der Waals surface area contributed by atoms with E-state index in [9.17, 15) is 18.0 Å². The highest BCUT2D eigenvalue weighted by Gasteiger charge is 2.38. The van der Waals surface area contributed by atoms with Crippen LogP contribution in [0.2, 0.25) is 0 Å². The van der Waals surface area contributed by atoms with Gasteiger partial charge in [0.25, 0.3) is 5.91 Å². The van der Waals surface area contributed by atoms with Crippen LogP contribution in [0.3, 0.4) is 0 Å². The fourth-order valence-corrected chi connectivity index (χ4v) is 2.03. The molecule has 1 atom stereocenters. The molecule has 10 heteroatoms. The number of rotatable bonds is 9. The third kappa shape index (κ3) is 6.33. The van der Waals surface area contributed by atoms with Gasteiger partial charge in [-0.3, -0.25) is 4.79 Å². The number of aromatic nitrogens is 2. The Morgan fingerprint density at radius 1 is 1.30 bits per heavy atom. The van der Waals surface area contributed by atoms with E-state index in [0.717, 1.165) is 12.8 Å². The number of amides is 1.